The number of rotatable bonds is 3. The molecule has 12 rings (SSSR count). The minimum atomic E-state index is -0.161. The van der Waals surface area contributed by atoms with Gasteiger partial charge in [-0.15, -0.1) is 0 Å². The molecule has 2 aliphatic carbocycles. The standard InChI is InChI=1S/C51H36N4O/c1-50(2)39-17-9-5-13-31(39)33-23-21-29(25-41(33)50)47-52-48(30-22-24-34-32-14-6-10-18-40(32)51(3,4)42(34)26-30)54-49(53-47)55-43-19-11-7-15-35(43)37-27-38-36-16-8-12-20-45(36)56-46(38)28-44(37)55/h5-28H,1-4H3. The highest BCUT2D eigenvalue weighted by Crippen LogP contribution is 2.51. The highest BCUT2D eigenvalue weighted by atomic mass is 16.3. The minimum absolute atomic E-state index is 0.161. The zero-order chi connectivity index (χ0) is 37.5. The Morgan fingerprint density at radius 3 is 1.59 bits per heavy atom. The van der Waals surface area contributed by atoms with E-state index in [0.717, 1.165) is 54.9 Å². The summed E-state index contributed by atoms with van der Waals surface area (Å²) in [6.07, 6.45) is 0. The third-order valence-corrected chi connectivity index (χ3v) is 12.7. The van der Waals surface area contributed by atoms with Gasteiger partial charge < -0.3 is 4.42 Å². The summed E-state index contributed by atoms with van der Waals surface area (Å²) < 4.78 is 8.63. The largest absolute Gasteiger partial charge is 0.456 e. The van der Waals surface area contributed by atoms with E-state index in [1.165, 1.54) is 44.5 Å². The van der Waals surface area contributed by atoms with E-state index in [1.807, 2.05) is 12.1 Å². The Balaban J connectivity index is 1.12. The first kappa shape index (κ1) is 31.5. The molecule has 0 radical (unpaired) electrons. The molecule has 7 aromatic carbocycles. The number of hydrogen-bond acceptors (Lipinski definition) is 4. The molecule has 0 saturated carbocycles. The summed E-state index contributed by atoms with van der Waals surface area (Å²) in [5.41, 5.74) is 15.7. The van der Waals surface area contributed by atoms with E-state index >= 15 is 0 Å². The second-order valence-electron chi connectivity index (χ2n) is 16.5. The van der Waals surface area contributed by atoms with Crippen LogP contribution >= 0.6 is 0 Å². The first-order valence-corrected chi connectivity index (χ1v) is 19.4. The van der Waals surface area contributed by atoms with Crippen LogP contribution < -0.4 is 0 Å². The Hall–Kier alpha value is -6.85. The van der Waals surface area contributed by atoms with Crippen molar-refractivity contribution in [3.05, 3.63) is 168 Å². The highest BCUT2D eigenvalue weighted by molar-refractivity contribution is 6.17. The monoisotopic (exact) mass is 720 g/mol. The van der Waals surface area contributed by atoms with Crippen molar-refractivity contribution in [3.63, 3.8) is 0 Å². The molecule has 3 aromatic heterocycles. The number of nitrogens with zero attached hydrogens (tertiary/aromatic N) is 4. The van der Waals surface area contributed by atoms with Gasteiger partial charge in [-0.2, -0.15) is 9.97 Å². The van der Waals surface area contributed by atoms with Crippen LogP contribution in [0.4, 0.5) is 0 Å². The third-order valence-electron chi connectivity index (χ3n) is 12.7. The van der Waals surface area contributed by atoms with Crippen LogP contribution in [0.25, 0.3) is 94.7 Å². The first-order valence-electron chi connectivity index (χ1n) is 19.4. The Bertz CT molecular complexity index is 3200. The molecule has 3 heterocycles. The van der Waals surface area contributed by atoms with E-state index in [9.17, 15) is 0 Å². The number of aromatic nitrogens is 4. The average Bonchev–Trinajstić information content (AvgIpc) is 3.90. The van der Waals surface area contributed by atoms with Crippen molar-refractivity contribution in [2.24, 2.45) is 0 Å². The van der Waals surface area contributed by atoms with Gasteiger partial charge in [0.2, 0.25) is 5.95 Å². The Kier molecular flexibility index (Phi) is 6.12. The molecule has 0 spiro atoms. The maximum absolute atomic E-state index is 6.44. The molecule has 266 valence electrons. The molecule has 0 bridgehead atoms. The van der Waals surface area contributed by atoms with E-state index in [2.05, 4.69) is 166 Å². The topological polar surface area (TPSA) is 56.7 Å². The van der Waals surface area contributed by atoms with Crippen LogP contribution in [0.1, 0.15) is 49.9 Å². The van der Waals surface area contributed by atoms with Gasteiger partial charge in [-0.1, -0.05) is 137 Å². The summed E-state index contributed by atoms with van der Waals surface area (Å²) in [5, 5.41) is 4.45. The van der Waals surface area contributed by atoms with Crippen molar-refractivity contribution in [3.8, 4) is 51.0 Å². The van der Waals surface area contributed by atoms with Crippen LogP contribution in [0.2, 0.25) is 0 Å². The molecule has 0 fully saturated rings. The number of furan rings is 1. The lowest BCUT2D eigenvalue weighted by Gasteiger charge is -2.22. The molecule has 56 heavy (non-hydrogen) atoms. The number of hydrogen-bond donors (Lipinski definition) is 0. The van der Waals surface area contributed by atoms with Crippen LogP contribution in [0.15, 0.2) is 150 Å². The predicted molar refractivity (Wildman–Crippen MR) is 227 cm³/mol. The normalized spacial score (nSPS) is 14.7. The Morgan fingerprint density at radius 1 is 0.411 bits per heavy atom. The fourth-order valence-electron chi connectivity index (χ4n) is 9.81. The molecule has 0 saturated heterocycles. The summed E-state index contributed by atoms with van der Waals surface area (Å²) >= 11 is 0. The molecular formula is C51H36N4O. The Labute approximate surface area is 323 Å². The average molecular weight is 721 g/mol. The van der Waals surface area contributed by atoms with Crippen LogP contribution in [0, 0.1) is 0 Å². The third kappa shape index (κ3) is 4.17. The van der Waals surface area contributed by atoms with E-state index in [1.54, 1.807) is 0 Å². The van der Waals surface area contributed by atoms with Crippen molar-refractivity contribution < 1.29 is 4.42 Å². The summed E-state index contributed by atoms with van der Waals surface area (Å²) in [4.78, 5) is 16.0. The van der Waals surface area contributed by atoms with Crippen molar-refractivity contribution >= 4 is 43.7 Å². The molecule has 2 aliphatic rings. The molecule has 5 nitrogen and oxygen atoms in total. The van der Waals surface area contributed by atoms with Crippen molar-refractivity contribution in [2.75, 3.05) is 0 Å². The fraction of sp³-hybridized carbons (Fsp3) is 0.118. The maximum atomic E-state index is 6.44. The van der Waals surface area contributed by atoms with Gasteiger partial charge in [-0.3, -0.25) is 4.57 Å². The number of benzene rings is 7. The van der Waals surface area contributed by atoms with Gasteiger partial charge in [0.15, 0.2) is 11.6 Å². The first-order chi connectivity index (χ1) is 27.3. The summed E-state index contributed by atoms with van der Waals surface area (Å²) in [6, 6.07) is 52.1. The minimum Gasteiger partial charge on any atom is -0.456 e. The zero-order valence-corrected chi connectivity index (χ0v) is 31.6. The lowest BCUT2D eigenvalue weighted by Crippen LogP contribution is -2.15. The fourth-order valence-corrected chi connectivity index (χ4v) is 9.81. The molecule has 10 aromatic rings. The lowest BCUT2D eigenvalue weighted by molar-refractivity contribution is 0.660. The zero-order valence-electron chi connectivity index (χ0n) is 31.6. The van der Waals surface area contributed by atoms with Crippen molar-refractivity contribution in [1.29, 1.82) is 0 Å². The quantitative estimate of drug-likeness (QED) is 0.182. The second-order valence-corrected chi connectivity index (χ2v) is 16.5. The SMILES string of the molecule is CC1(C)c2ccccc2-c2ccc(-c3nc(-c4ccc5c(c4)C(C)(C)c4ccccc4-5)nc(-n4c5ccccc5c5cc6c(cc54)oc4ccccc46)n3)cc21. The highest BCUT2D eigenvalue weighted by Gasteiger charge is 2.37. The second kappa shape index (κ2) is 10.9. The molecule has 0 amide bonds. The van der Waals surface area contributed by atoms with Gasteiger partial charge in [0, 0.05) is 49.6 Å². The molecular weight excluding hydrogens is 685 g/mol. The smallest absolute Gasteiger partial charge is 0.238 e. The molecule has 0 unspecified atom stereocenters. The summed E-state index contributed by atoms with van der Waals surface area (Å²) in [7, 11) is 0. The van der Waals surface area contributed by atoms with Crippen LogP contribution in [0.5, 0.6) is 0 Å². The van der Waals surface area contributed by atoms with Gasteiger partial charge in [-0.05, 0) is 74.8 Å². The lowest BCUT2D eigenvalue weighted by atomic mass is 9.82. The summed E-state index contributed by atoms with van der Waals surface area (Å²) in [5.74, 6) is 1.84. The van der Waals surface area contributed by atoms with Crippen LogP contribution in [-0.2, 0) is 10.8 Å². The van der Waals surface area contributed by atoms with Crippen molar-refractivity contribution in [2.45, 2.75) is 38.5 Å². The van der Waals surface area contributed by atoms with Gasteiger partial charge in [0.05, 0.1) is 11.0 Å². The molecule has 0 N–H and O–H groups in total. The molecule has 0 atom stereocenters. The van der Waals surface area contributed by atoms with Crippen molar-refractivity contribution in [1.82, 2.24) is 19.5 Å². The van der Waals surface area contributed by atoms with E-state index < -0.39 is 0 Å². The van der Waals surface area contributed by atoms with Crippen LogP contribution in [-0.4, -0.2) is 19.5 Å². The Morgan fingerprint density at radius 2 is 0.946 bits per heavy atom. The number of para-hydroxylation sites is 2. The molecule has 0 aliphatic heterocycles. The molecule has 5 heteroatoms. The van der Waals surface area contributed by atoms with Gasteiger partial charge in [0.1, 0.15) is 11.2 Å². The van der Waals surface area contributed by atoms with E-state index in [-0.39, 0.29) is 10.8 Å². The predicted octanol–water partition coefficient (Wildman–Crippen LogP) is 12.8. The van der Waals surface area contributed by atoms with Crippen LogP contribution in [0.3, 0.4) is 0 Å². The van der Waals surface area contributed by atoms with Gasteiger partial charge in [-0.25, -0.2) is 4.98 Å². The van der Waals surface area contributed by atoms with E-state index in [4.69, 9.17) is 19.4 Å². The van der Waals surface area contributed by atoms with Gasteiger partial charge >= 0.3 is 0 Å². The van der Waals surface area contributed by atoms with Gasteiger partial charge in [0.25, 0.3) is 0 Å². The van der Waals surface area contributed by atoms with E-state index in [0.29, 0.717) is 17.6 Å². The number of fused-ring (bicyclic) bond motifs is 12. The maximum Gasteiger partial charge on any atom is 0.238 e. The summed E-state index contributed by atoms with van der Waals surface area (Å²) in [6.45, 7) is 9.25.